The summed E-state index contributed by atoms with van der Waals surface area (Å²) >= 11 is 0. The third kappa shape index (κ3) is 2.46. The average Bonchev–Trinajstić information content (AvgIpc) is 2.90. The fourth-order valence-corrected chi connectivity index (χ4v) is 3.63. The van der Waals surface area contributed by atoms with Crippen LogP contribution in [0.3, 0.4) is 0 Å². The quantitative estimate of drug-likeness (QED) is 0.913. The lowest BCUT2D eigenvalue weighted by Crippen LogP contribution is -2.29. The van der Waals surface area contributed by atoms with Gasteiger partial charge in [-0.1, -0.05) is 43.3 Å². The van der Waals surface area contributed by atoms with Gasteiger partial charge in [-0.05, 0) is 61.4 Å². The van der Waals surface area contributed by atoms with Gasteiger partial charge in [0.25, 0.3) is 0 Å². The van der Waals surface area contributed by atoms with Gasteiger partial charge in [-0.2, -0.15) is 0 Å². The lowest BCUT2D eigenvalue weighted by molar-refractivity contribution is 0.238. The van der Waals surface area contributed by atoms with E-state index in [0.717, 1.165) is 19.0 Å². The van der Waals surface area contributed by atoms with Crippen LogP contribution in [0.15, 0.2) is 42.5 Å². The first-order valence-electron chi connectivity index (χ1n) is 7.71. The van der Waals surface area contributed by atoms with Crippen molar-refractivity contribution in [3.63, 3.8) is 0 Å². The number of hydrogen-bond acceptors (Lipinski definition) is 2. The van der Waals surface area contributed by atoms with Crippen LogP contribution in [0.4, 0.5) is 0 Å². The van der Waals surface area contributed by atoms with E-state index in [2.05, 4.69) is 66.7 Å². The maximum Gasteiger partial charge on any atom is 0.0388 e. The van der Waals surface area contributed by atoms with Crippen molar-refractivity contribution in [2.45, 2.75) is 19.4 Å². The van der Waals surface area contributed by atoms with E-state index >= 15 is 0 Å². The third-order valence-corrected chi connectivity index (χ3v) is 4.61. The van der Waals surface area contributed by atoms with E-state index in [1.165, 1.54) is 29.3 Å². The highest BCUT2D eigenvalue weighted by Gasteiger charge is 2.33. The second kappa shape index (κ2) is 5.94. The molecular formula is C18H24N2. The highest BCUT2D eigenvalue weighted by atomic mass is 15.2. The number of fused-ring (bicyclic) bond motifs is 1. The minimum atomic E-state index is 0.567. The van der Waals surface area contributed by atoms with Crippen LogP contribution in [-0.4, -0.2) is 31.6 Å². The minimum Gasteiger partial charge on any atom is -0.319 e. The van der Waals surface area contributed by atoms with Gasteiger partial charge in [-0.25, -0.2) is 0 Å². The number of rotatable bonds is 4. The molecule has 1 saturated heterocycles. The Bertz CT molecular complexity index is 578. The summed E-state index contributed by atoms with van der Waals surface area (Å²) in [4.78, 5) is 2.62. The lowest BCUT2D eigenvalue weighted by atomic mass is 9.92. The molecule has 1 N–H and O–H groups in total. The monoisotopic (exact) mass is 268 g/mol. The van der Waals surface area contributed by atoms with Crippen molar-refractivity contribution in [1.29, 1.82) is 0 Å². The highest BCUT2D eigenvalue weighted by molar-refractivity contribution is 5.83. The summed E-state index contributed by atoms with van der Waals surface area (Å²) in [5.41, 5.74) is 1.48. The average molecular weight is 268 g/mol. The van der Waals surface area contributed by atoms with Crippen LogP contribution in [0.25, 0.3) is 10.8 Å². The molecule has 2 nitrogen and oxygen atoms in total. The SMILES string of the molecule is CCN1CCC(CNC)C1c1ccc2ccccc2c1. The molecule has 106 valence electrons. The highest BCUT2D eigenvalue weighted by Crippen LogP contribution is 2.37. The Morgan fingerprint density at radius 2 is 1.95 bits per heavy atom. The van der Waals surface area contributed by atoms with E-state index in [4.69, 9.17) is 0 Å². The summed E-state index contributed by atoms with van der Waals surface area (Å²) in [5.74, 6) is 0.723. The van der Waals surface area contributed by atoms with Crippen LogP contribution in [0.5, 0.6) is 0 Å². The fourth-order valence-electron chi connectivity index (χ4n) is 3.63. The van der Waals surface area contributed by atoms with Crippen molar-refractivity contribution >= 4 is 10.8 Å². The van der Waals surface area contributed by atoms with Crippen molar-refractivity contribution in [3.8, 4) is 0 Å². The molecule has 0 bridgehead atoms. The van der Waals surface area contributed by atoms with Crippen molar-refractivity contribution in [2.75, 3.05) is 26.7 Å². The van der Waals surface area contributed by atoms with E-state index in [1.807, 2.05) is 0 Å². The normalized spacial score (nSPS) is 23.5. The Kier molecular flexibility index (Phi) is 4.04. The van der Waals surface area contributed by atoms with Crippen LogP contribution in [0.1, 0.15) is 24.9 Å². The standard InChI is InChI=1S/C18H24N2/c1-3-20-11-10-17(13-19-2)18(20)16-9-8-14-6-4-5-7-15(14)12-16/h4-9,12,17-19H,3,10-11,13H2,1-2H3. The van der Waals surface area contributed by atoms with E-state index in [-0.39, 0.29) is 0 Å². The Labute approximate surface area is 121 Å². The largest absolute Gasteiger partial charge is 0.319 e. The van der Waals surface area contributed by atoms with Gasteiger partial charge in [0.05, 0.1) is 0 Å². The molecule has 0 amide bonds. The predicted octanol–water partition coefficient (Wildman–Crippen LogP) is 3.44. The Morgan fingerprint density at radius 3 is 2.70 bits per heavy atom. The van der Waals surface area contributed by atoms with Crippen molar-refractivity contribution in [1.82, 2.24) is 10.2 Å². The van der Waals surface area contributed by atoms with Crippen molar-refractivity contribution < 1.29 is 0 Å². The number of nitrogens with zero attached hydrogens (tertiary/aromatic N) is 1. The molecule has 3 rings (SSSR count). The fraction of sp³-hybridized carbons (Fsp3) is 0.444. The number of hydrogen-bond donors (Lipinski definition) is 1. The summed E-state index contributed by atoms with van der Waals surface area (Å²) in [6, 6.07) is 16.2. The van der Waals surface area contributed by atoms with Gasteiger partial charge in [0, 0.05) is 6.04 Å². The molecule has 0 aromatic heterocycles. The van der Waals surface area contributed by atoms with Gasteiger partial charge in [-0.15, -0.1) is 0 Å². The minimum absolute atomic E-state index is 0.567. The first-order valence-corrected chi connectivity index (χ1v) is 7.71. The van der Waals surface area contributed by atoms with Gasteiger partial charge in [0.1, 0.15) is 0 Å². The van der Waals surface area contributed by atoms with E-state index in [9.17, 15) is 0 Å². The molecule has 0 spiro atoms. The van der Waals surface area contributed by atoms with Gasteiger partial charge >= 0.3 is 0 Å². The van der Waals surface area contributed by atoms with Crippen LogP contribution in [-0.2, 0) is 0 Å². The molecule has 0 aliphatic carbocycles. The summed E-state index contributed by atoms with van der Waals surface area (Å²) in [5, 5.41) is 6.06. The Hall–Kier alpha value is -1.38. The van der Waals surface area contributed by atoms with Crippen molar-refractivity contribution in [2.24, 2.45) is 5.92 Å². The number of nitrogens with one attached hydrogen (secondary N) is 1. The molecule has 1 heterocycles. The van der Waals surface area contributed by atoms with Gasteiger partial charge in [0.2, 0.25) is 0 Å². The molecule has 1 aliphatic rings. The van der Waals surface area contributed by atoms with Crippen molar-refractivity contribution in [3.05, 3.63) is 48.0 Å². The maximum atomic E-state index is 3.36. The molecule has 20 heavy (non-hydrogen) atoms. The number of likely N-dealkylation sites (tertiary alicyclic amines) is 1. The Morgan fingerprint density at radius 1 is 1.15 bits per heavy atom. The summed E-state index contributed by atoms with van der Waals surface area (Å²) in [6.45, 7) is 5.74. The zero-order chi connectivity index (χ0) is 13.9. The Balaban J connectivity index is 1.97. The maximum absolute atomic E-state index is 3.36. The molecule has 2 aromatic carbocycles. The lowest BCUT2D eigenvalue weighted by Gasteiger charge is -2.28. The second-order valence-corrected chi connectivity index (χ2v) is 5.79. The van der Waals surface area contributed by atoms with E-state index < -0.39 is 0 Å². The zero-order valence-corrected chi connectivity index (χ0v) is 12.5. The molecule has 1 fully saturated rings. The molecule has 2 heteroatoms. The van der Waals surface area contributed by atoms with Crippen LogP contribution in [0, 0.1) is 5.92 Å². The summed E-state index contributed by atoms with van der Waals surface area (Å²) in [6.07, 6.45) is 1.30. The van der Waals surface area contributed by atoms with E-state index in [1.54, 1.807) is 0 Å². The van der Waals surface area contributed by atoms with Crippen LogP contribution in [0.2, 0.25) is 0 Å². The van der Waals surface area contributed by atoms with Gasteiger partial charge < -0.3 is 5.32 Å². The van der Waals surface area contributed by atoms with Crippen LogP contribution < -0.4 is 5.32 Å². The molecule has 1 aliphatic heterocycles. The van der Waals surface area contributed by atoms with E-state index in [0.29, 0.717) is 6.04 Å². The molecule has 2 atom stereocenters. The molecule has 2 aromatic rings. The topological polar surface area (TPSA) is 15.3 Å². The second-order valence-electron chi connectivity index (χ2n) is 5.79. The first kappa shape index (κ1) is 13.6. The molecular weight excluding hydrogens is 244 g/mol. The van der Waals surface area contributed by atoms with Gasteiger partial charge in [0.15, 0.2) is 0 Å². The smallest absolute Gasteiger partial charge is 0.0388 e. The first-order chi connectivity index (χ1) is 9.83. The summed E-state index contributed by atoms with van der Waals surface area (Å²) < 4.78 is 0. The third-order valence-electron chi connectivity index (χ3n) is 4.61. The number of benzene rings is 2. The zero-order valence-electron chi connectivity index (χ0n) is 12.5. The van der Waals surface area contributed by atoms with Gasteiger partial charge in [-0.3, -0.25) is 4.90 Å². The predicted molar refractivity (Wildman–Crippen MR) is 86.0 cm³/mol. The van der Waals surface area contributed by atoms with Crippen LogP contribution >= 0.6 is 0 Å². The molecule has 0 radical (unpaired) electrons. The molecule has 2 unspecified atom stereocenters. The molecule has 0 saturated carbocycles. The summed E-state index contributed by atoms with van der Waals surface area (Å²) in [7, 11) is 2.06.